The third kappa shape index (κ3) is 3.64. The summed E-state index contributed by atoms with van der Waals surface area (Å²) in [6, 6.07) is 0. The molecular formula is C16H22FN5O2. The van der Waals surface area contributed by atoms with E-state index in [1.54, 1.807) is 12.4 Å². The molecule has 24 heavy (non-hydrogen) atoms. The van der Waals surface area contributed by atoms with Gasteiger partial charge in [-0.15, -0.1) is 0 Å². The Kier molecular flexibility index (Phi) is 4.94. The molecule has 0 saturated carbocycles. The van der Waals surface area contributed by atoms with E-state index in [1.807, 2.05) is 0 Å². The summed E-state index contributed by atoms with van der Waals surface area (Å²) in [5.41, 5.74) is 5.75. The number of nitrogens with zero attached hydrogens (tertiary/aromatic N) is 3. The zero-order valence-corrected chi connectivity index (χ0v) is 13.5. The van der Waals surface area contributed by atoms with E-state index in [1.165, 1.54) is 0 Å². The molecule has 1 unspecified atom stereocenters. The van der Waals surface area contributed by atoms with Gasteiger partial charge in [-0.05, 0) is 12.8 Å². The van der Waals surface area contributed by atoms with Crippen LogP contribution in [-0.4, -0.2) is 48.7 Å². The minimum Gasteiger partial charge on any atom is -0.486 e. The molecule has 1 aromatic heterocycles. The largest absolute Gasteiger partial charge is 0.486 e. The van der Waals surface area contributed by atoms with E-state index >= 15 is 0 Å². The van der Waals surface area contributed by atoms with Crippen molar-refractivity contribution in [3.63, 3.8) is 0 Å². The highest BCUT2D eigenvalue weighted by atomic mass is 19.1. The van der Waals surface area contributed by atoms with Crippen LogP contribution in [-0.2, 0) is 4.79 Å². The lowest BCUT2D eigenvalue weighted by Crippen LogP contribution is -2.45. The number of carbonyl (C=O) groups excluding carboxylic acids is 1. The number of amides is 1. The molecule has 8 heteroatoms. The van der Waals surface area contributed by atoms with Gasteiger partial charge in [0.1, 0.15) is 6.61 Å². The average molecular weight is 335 g/mol. The molecule has 1 aromatic rings. The predicted octanol–water partition coefficient (Wildman–Crippen LogP) is 0.774. The summed E-state index contributed by atoms with van der Waals surface area (Å²) in [6.07, 6.45) is 6.24. The Morgan fingerprint density at radius 2 is 2.29 bits per heavy atom. The number of piperidine rings is 1. The fourth-order valence-corrected chi connectivity index (χ4v) is 3.28. The fourth-order valence-electron chi connectivity index (χ4n) is 3.28. The first-order valence-corrected chi connectivity index (χ1v) is 8.09. The Bertz CT molecular complexity index is 621. The summed E-state index contributed by atoms with van der Waals surface area (Å²) >= 11 is 0. The zero-order chi connectivity index (χ0) is 17.0. The number of rotatable bonds is 5. The lowest BCUT2D eigenvalue weighted by molar-refractivity contribution is -0.119. The van der Waals surface area contributed by atoms with Crippen molar-refractivity contribution >= 4 is 11.9 Å². The maximum absolute atomic E-state index is 12.5. The monoisotopic (exact) mass is 335 g/mol. The summed E-state index contributed by atoms with van der Waals surface area (Å²) in [5, 5.41) is 2.93. The topological polar surface area (TPSA) is 93.4 Å². The van der Waals surface area contributed by atoms with E-state index in [9.17, 15) is 9.18 Å². The van der Waals surface area contributed by atoms with E-state index in [4.69, 9.17) is 10.5 Å². The first-order chi connectivity index (χ1) is 11.6. The van der Waals surface area contributed by atoms with E-state index < -0.39 is 0 Å². The molecule has 3 N–H and O–H groups in total. The van der Waals surface area contributed by atoms with Crippen LogP contribution in [0.25, 0.3) is 0 Å². The third-order valence-corrected chi connectivity index (χ3v) is 4.60. The Balaban J connectivity index is 1.62. The molecule has 1 atom stereocenters. The van der Waals surface area contributed by atoms with Crippen molar-refractivity contribution in [2.24, 2.45) is 11.1 Å². The van der Waals surface area contributed by atoms with Gasteiger partial charge >= 0.3 is 0 Å². The van der Waals surface area contributed by atoms with Crippen LogP contribution in [0.15, 0.2) is 24.3 Å². The van der Waals surface area contributed by atoms with Gasteiger partial charge < -0.3 is 20.7 Å². The molecule has 3 rings (SSSR count). The van der Waals surface area contributed by atoms with Gasteiger partial charge in [0, 0.05) is 43.6 Å². The van der Waals surface area contributed by atoms with Crippen LogP contribution in [0.1, 0.15) is 19.3 Å². The molecule has 2 saturated heterocycles. The van der Waals surface area contributed by atoms with Gasteiger partial charge in [0.25, 0.3) is 0 Å². The second kappa shape index (κ2) is 7.12. The highest BCUT2D eigenvalue weighted by Gasteiger charge is 2.42. The number of hydrogen-bond acceptors (Lipinski definition) is 6. The minimum atomic E-state index is -0.00415. The van der Waals surface area contributed by atoms with E-state index in [2.05, 4.69) is 20.2 Å². The lowest BCUT2D eigenvalue weighted by atomic mass is 9.79. The molecule has 7 nitrogen and oxygen atoms in total. The van der Waals surface area contributed by atoms with Crippen molar-refractivity contribution in [1.82, 2.24) is 15.3 Å². The van der Waals surface area contributed by atoms with Crippen molar-refractivity contribution < 1.29 is 13.9 Å². The Hall–Kier alpha value is -2.22. The molecule has 1 spiro atoms. The molecule has 2 aliphatic rings. The van der Waals surface area contributed by atoms with Crippen molar-refractivity contribution in [2.75, 3.05) is 37.7 Å². The molecule has 0 radical (unpaired) electrons. The van der Waals surface area contributed by atoms with Gasteiger partial charge in [0.2, 0.25) is 11.9 Å². The standard InChI is InChI=1S/C16H22FN5O2/c17-5-12(6-18)9-24-13-7-19-15(20-8-13)22-3-1-2-16(11-22)4-14(23)21-10-16/h5,7-8H,1-4,6,9-11,18H2,(H,21,23)/b12-5+. The summed E-state index contributed by atoms with van der Waals surface area (Å²) in [5.74, 6) is 1.22. The fraction of sp³-hybridized carbons (Fsp3) is 0.562. The normalized spacial score (nSPS) is 24.3. The van der Waals surface area contributed by atoms with Gasteiger partial charge in [-0.3, -0.25) is 4.79 Å². The molecule has 1 amide bonds. The van der Waals surface area contributed by atoms with Crippen LogP contribution >= 0.6 is 0 Å². The first kappa shape index (κ1) is 16.6. The summed E-state index contributed by atoms with van der Waals surface area (Å²) in [7, 11) is 0. The van der Waals surface area contributed by atoms with Crippen LogP contribution in [0.3, 0.4) is 0 Å². The number of halogens is 1. The van der Waals surface area contributed by atoms with E-state index in [0.717, 1.165) is 32.5 Å². The molecule has 0 aromatic carbocycles. The summed E-state index contributed by atoms with van der Waals surface area (Å²) < 4.78 is 17.9. The number of carbonyl (C=O) groups is 1. The van der Waals surface area contributed by atoms with Gasteiger partial charge in [0.15, 0.2) is 5.75 Å². The smallest absolute Gasteiger partial charge is 0.225 e. The molecule has 2 fully saturated rings. The number of hydrogen-bond donors (Lipinski definition) is 2. The zero-order valence-electron chi connectivity index (χ0n) is 13.5. The van der Waals surface area contributed by atoms with Gasteiger partial charge in [-0.2, -0.15) is 0 Å². The van der Waals surface area contributed by atoms with Crippen molar-refractivity contribution in [3.8, 4) is 5.75 Å². The maximum atomic E-state index is 12.5. The quantitative estimate of drug-likeness (QED) is 0.826. The summed E-state index contributed by atoms with van der Waals surface area (Å²) in [4.78, 5) is 22.4. The van der Waals surface area contributed by atoms with E-state index in [-0.39, 0.29) is 24.5 Å². The number of nitrogens with one attached hydrogen (secondary N) is 1. The summed E-state index contributed by atoms with van der Waals surface area (Å²) in [6.45, 7) is 2.56. The maximum Gasteiger partial charge on any atom is 0.225 e. The van der Waals surface area contributed by atoms with Crippen LogP contribution in [0, 0.1) is 5.41 Å². The number of anilines is 1. The molecular weight excluding hydrogens is 313 g/mol. The van der Waals surface area contributed by atoms with Crippen LogP contribution in [0.5, 0.6) is 5.75 Å². The van der Waals surface area contributed by atoms with Crippen LogP contribution in [0.2, 0.25) is 0 Å². The number of ether oxygens (including phenoxy) is 1. The van der Waals surface area contributed by atoms with Crippen LogP contribution < -0.4 is 20.7 Å². The average Bonchev–Trinajstić information content (AvgIpc) is 2.96. The van der Waals surface area contributed by atoms with Crippen molar-refractivity contribution in [3.05, 3.63) is 24.3 Å². The molecule has 3 heterocycles. The Morgan fingerprint density at radius 1 is 1.50 bits per heavy atom. The van der Waals surface area contributed by atoms with Gasteiger partial charge in [0.05, 0.1) is 18.7 Å². The van der Waals surface area contributed by atoms with Crippen molar-refractivity contribution in [1.29, 1.82) is 0 Å². The van der Waals surface area contributed by atoms with Crippen molar-refractivity contribution in [2.45, 2.75) is 19.3 Å². The molecule has 0 aliphatic carbocycles. The highest BCUT2D eigenvalue weighted by Crippen LogP contribution is 2.37. The Labute approximate surface area is 140 Å². The highest BCUT2D eigenvalue weighted by molar-refractivity contribution is 5.79. The molecule has 130 valence electrons. The number of nitrogens with two attached hydrogens (primary N) is 1. The molecule has 0 bridgehead atoms. The van der Waals surface area contributed by atoms with E-state index in [0.29, 0.717) is 30.0 Å². The minimum absolute atomic E-state index is 0.00415. The predicted molar refractivity (Wildman–Crippen MR) is 87.3 cm³/mol. The number of aromatic nitrogens is 2. The second-order valence-electron chi connectivity index (χ2n) is 6.46. The first-order valence-electron chi connectivity index (χ1n) is 8.09. The third-order valence-electron chi connectivity index (χ3n) is 4.60. The van der Waals surface area contributed by atoms with Gasteiger partial charge in [-0.1, -0.05) is 0 Å². The molecule has 2 aliphatic heterocycles. The SMILES string of the molecule is NC/C(=C\F)COc1cnc(N2CCCC3(CNC(=O)C3)C2)nc1. The lowest BCUT2D eigenvalue weighted by Gasteiger charge is -2.39. The van der Waals surface area contributed by atoms with Gasteiger partial charge in [-0.25, -0.2) is 14.4 Å². The van der Waals surface area contributed by atoms with Crippen LogP contribution in [0.4, 0.5) is 10.3 Å². The second-order valence-corrected chi connectivity index (χ2v) is 6.46. The Morgan fingerprint density at radius 3 is 2.92 bits per heavy atom.